The Morgan fingerprint density at radius 2 is 1.79 bits per heavy atom. The maximum atomic E-state index is 12.8. The number of rotatable bonds is 5. The maximum absolute atomic E-state index is 12.8. The number of nitrogens with one attached hydrogen (secondary N) is 1. The summed E-state index contributed by atoms with van der Waals surface area (Å²) in [6, 6.07) is 21.0. The molecule has 0 aliphatic carbocycles. The van der Waals surface area contributed by atoms with Gasteiger partial charge in [-0.05, 0) is 54.2 Å². The molecule has 1 aromatic heterocycles. The Kier molecular flexibility index (Phi) is 6.48. The van der Waals surface area contributed by atoms with E-state index < -0.39 is 10.8 Å². The van der Waals surface area contributed by atoms with Crippen LogP contribution in [-0.4, -0.2) is 25.6 Å². The molecule has 162 valence electrons. The SMILES string of the molecule is Cn1cnnc1Sc1ccc(C(=O)Nc2cccc(C#Cc3ccccc3)c2)cc1[N+](=O)[O-]. The summed E-state index contributed by atoms with van der Waals surface area (Å²) in [7, 11) is 1.74. The van der Waals surface area contributed by atoms with Gasteiger partial charge in [-0.1, -0.05) is 36.1 Å². The summed E-state index contributed by atoms with van der Waals surface area (Å²) in [5, 5.41) is 22.6. The number of aryl methyl sites for hydroxylation is 1. The molecule has 0 fully saturated rings. The van der Waals surface area contributed by atoms with Crippen molar-refractivity contribution in [1.82, 2.24) is 14.8 Å². The second-order valence-electron chi connectivity index (χ2n) is 6.92. The first-order valence-electron chi connectivity index (χ1n) is 9.78. The number of nitro benzene ring substituents is 1. The summed E-state index contributed by atoms with van der Waals surface area (Å²) in [5.74, 6) is 5.68. The first-order valence-corrected chi connectivity index (χ1v) is 10.6. The van der Waals surface area contributed by atoms with Crippen molar-refractivity contribution in [3.05, 3.63) is 106 Å². The van der Waals surface area contributed by atoms with E-state index in [0.29, 0.717) is 15.7 Å². The topological polar surface area (TPSA) is 103 Å². The van der Waals surface area contributed by atoms with E-state index in [1.54, 1.807) is 35.9 Å². The predicted molar refractivity (Wildman–Crippen MR) is 125 cm³/mol. The van der Waals surface area contributed by atoms with Gasteiger partial charge in [0.25, 0.3) is 11.6 Å². The first kappa shape index (κ1) is 21.8. The maximum Gasteiger partial charge on any atom is 0.284 e. The molecular formula is C24H17N5O3S. The highest BCUT2D eigenvalue weighted by atomic mass is 32.2. The van der Waals surface area contributed by atoms with E-state index in [0.717, 1.165) is 22.9 Å². The molecule has 0 aliphatic rings. The third-order valence-electron chi connectivity index (χ3n) is 4.53. The van der Waals surface area contributed by atoms with Crippen molar-refractivity contribution in [2.45, 2.75) is 10.1 Å². The number of aromatic nitrogens is 3. The van der Waals surface area contributed by atoms with Crippen molar-refractivity contribution in [2.24, 2.45) is 7.05 Å². The summed E-state index contributed by atoms with van der Waals surface area (Å²) < 4.78 is 1.66. The van der Waals surface area contributed by atoms with Crippen LogP contribution >= 0.6 is 11.8 Å². The molecule has 0 aliphatic heterocycles. The standard InChI is InChI=1S/C24H17N5O3S/c1-28-16-25-27-24(28)33-22-13-12-19(15-21(22)29(31)32)23(30)26-20-9-5-8-18(14-20)11-10-17-6-3-2-4-7-17/h2-9,12-16H,1H3,(H,26,30). The quantitative estimate of drug-likeness (QED) is 0.270. The molecule has 3 aromatic carbocycles. The minimum Gasteiger partial charge on any atom is -0.322 e. The number of anilines is 1. The van der Waals surface area contributed by atoms with E-state index in [1.807, 2.05) is 36.4 Å². The first-order chi connectivity index (χ1) is 16.0. The molecule has 4 rings (SSSR count). The Bertz CT molecular complexity index is 1390. The zero-order valence-corrected chi connectivity index (χ0v) is 18.2. The van der Waals surface area contributed by atoms with Gasteiger partial charge in [0.15, 0.2) is 5.16 Å². The number of carbonyl (C=O) groups excluding carboxylic acids is 1. The third kappa shape index (κ3) is 5.44. The molecule has 0 saturated carbocycles. The van der Waals surface area contributed by atoms with Crippen LogP contribution in [0.2, 0.25) is 0 Å². The normalized spacial score (nSPS) is 10.2. The summed E-state index contributed by atoms with van der Waals surface area (Å²) in [4.78, 5) is 24.2. The van der Waals surface area contributed by atoms with Gasteiger partial charge in [0.1, 0.15) is 6.33 Å². The molecule has 1 N–H and O–H groups in total. The van der Waals surface area contributed by atoms with Crippen molar-refractivity contribution in [3.63, 3.8) is 0 Å². The fraction of sp³-hybridized carbons (Fsp3) is 0.0417. The second-order valence-corrected chi connectivity index (χ2v) is 7.93. The highest BCUT2D eigenvalue weighted by molar-refractivity contribution is 7.99. The molecule has 4 aromatic rings. The van der Waals surface area contributed by atoms with E-state index in [2.05, 4.69) is 27.4 Å². The lowest BCUT2D eigenvalue weighted by atomic mass is 10.1. The minimum absolute atomic E-state index is 0.171. The Morgan fingerprint density at radius 3 is 2.52 bits per heavy atom. The Hall–Kier alpha value is -4.42. The zero-order chi connectivity index (χ0) is 23.2. The van der Waals surface area contributed by atoms with Gasteiger partial charge < -0.3 is 9.88 Å². The number of nitro groups is 1. The summed E-state index contributed by atoms with van der Waals surface area (Å²) >= 11 is 1.11. The highest BCUT2D eigenvalue weighted by Gasteiger charge is 2.20. The van der Waals surface area contributed by atoms with Gasteiger partial charge in [0, 0.05) is 35.5 Å². The van der Waals surface area contributed by atoms with E-state index in [4.69, 9.17) is 0 Å². The van der Waals surface area contributed by atoms with Crippen LogP contribution in [-0.2, 0) is 7.05 Å². The van der Waals surface area contributed by atoms with Gasteiger partial charge >= 0.3 is 0 Å². The lowest BCUT2D eigenvalue weighted by molar-refractivity contribution is -0.387. The number of benzene rings is 3. The number of carbonyl (C=O) groups is 1. The van der Waals surface area contributed by atoms with Crippen LogP contribution in [0, 0.1) is 22.0 Å². The number of hydrogen-bond acceptors (Lipinski definition) is 6. The minimum atomic E-state index is -0.519. The molecule has 0 spiro atoms. The van der Waals surface area contributed by atoms with Crippen LogP contribution in [0.5, 0.6) is 0 Å². The summed E-state index contributed by atoms with van der Waals surface area (Å²) in [5.41, 5.74) is 2.15. The van der Waals surface area contributed by atoms with E-state index in [9.17, 15) is 14.9 Å². The van der Waals surface area contributed by atoms with Gasteiger partial charge in [-0.15, -0.1) is 10.2 Å². The molecule has 0 saturated heterocycles. The van der Waals surface area contributed by atoms with E-state index in [-0.39, 0.29) is 11.3 Å². The fourth-order valence-corrected chi connectivity index (χ4v) is 3.74. The van der Waals surface area contributed by atoms with Crippen molar-refractivity contribution in [2.75, 3.05) is 5.32 Å². The van der Waals surface area contributed by atoms with Gasteiger partial charge in [0.2, 0.25) is 0 Å². The van der Waals surface area contributed by atoms with Crippen molar-refractivity contribution < 1.29 is 9.72 Å². The molecule has 1 heterocycles. The average molecular weight is 455 g/mol. The van der Waals surface area contributed by atoms with Gasteiger partial charge in [-0.25, -0.2) is 0 Å². The predicted octanol–water partition coefficient (Wildman–Crippen LogP) is 4.53. The van der Waals surface area contributed by atoms with Crippen molar-refractivity contribution in [3.8, 4) is 11.8 Å². The fourth-order valence-electron chi connectivity index (χ4n) is 2.89. The highest BCUT2D eigenvalue weighted by Crippen LogP contribution is 2.34. The zero-order valence-electron chi connectivity index (χ0n) is 17.4. The van der Waals surface area contributed by atoms with Gasteiger partial charge in [-0.3, -0.25) is 14.9 Å². The lowest BCUT2D eigenvalue weighted by Crippen LogP contribution is -2.12. The van der Waals surface area contributed by atoms with Crippen LogP contribution in [0.3, 0.4) is 0 Å². The molecule has 9 heteroatoms. The molecular weight excluding hydrogens is 438 g/mol. The van der Waals surface area contributed by atoms with E-state index >= 15 is 0 Å². The van der Waals surface area contributed by atoms with Crippen LogP contribution in [0.4, 0.5) is 11.4 Å². The lowest BCUT2D eigenvalue weighted by Gasteiger charge is -2.07. The van der Waals surface area contributed by atoms with Crippen LogP contribution in [0.1, 0.15) is 21.5 Å². The number of hydrogen-bond donors (Lipinski definition) is 1. The van der Waals surface area contributed by atoms with Crippen LogP contribution < -0.4 is 5.32 Å². The largest absolute Gasteiger partial charge is 0.322 e. The monoisotopic (exact) mass is 455 g/mol. The summed E-state index contributed by atoms with van der Waals surface area (Å²) in [6.45, 7) is 0. The smallest absolute Gasteiger partial charge is 0.284 e. The molecule has 0 bridgehead atoms. The van der Waals surface area contributed by atoms with Gasteiger partial charge in [0.05, 0.1) is 9.82 Å². The van der Waals surface area contributed by atoms with Crippen LogP contribution in [0.25, 0.3) is 0 Å². The van der Waals surface area contributed by atoms with Crippen molar-refractivity contribution >= 4 is 29.0 Å². The molecule has 33 heavy (non-hydrogen) atoms. The van der Waals surface area contributed by atoms with Gasteiger partial charge in [-0.2, -0.15) is 0 Å². The number of nitrogens with zero attached hydrogens (tertiary/aromatic N) is 4. The van der Waals surface area contributed by atoms with E-state index in [1.165, 1.54) is 18.5 Å². The Morgan fingerprint density at radius 1 is 1.03 bits per heavy atom. The molecule has 0 unspecified atom stereocenters. The average Bonchev–Trinajstić information content (AvgIpc) is 3.23. The molecule has 0 radical (unpaired) electrons. The third-order valence-corrected chi connectivity index (χ3v) is 5.65. The molecule has 8 nitrogen and oxygen atoms in total. The number of amides is 1. The summed E-state index contributed by atoms with van der Waals surface area (Å²) in [6.07, 6.45) is 1.51. The molecule has 1 amide bonds. The Balaban J connectivity index is 1.53. The van der Waals surface area contributed by atoms with Crippen molar-refractivity contribution in [1.29, 1.82) is 0 Å². The van der Waals surface area contributed by atoms with Crippen LogP contribution in [0.15, 0.2) is 89.2 Å². The second kappa shape index (κ2) is 9.80. The Labute approximate surface area is 193 Å². The molecule has 0 atom stereocenters.